The number of hydrogen-bond donors (Lipinski definition) is 1. The molecular formula is C22H23F2N5O. The predicted molar refractivity (Wildman–Crippen MR) is 108 cm³/mol. The summed E-state index contributed by atoms with van der Waals surface area (Å²) in [7, 11) is 1.89. The average Bonchev–Trinajstić information content (AvgIpc) is 3.13. The van der Waals surface area contributed by atoms with Crippen molar-refractivity contribution in [2.45, 2.75) is 31.8 Å². The Hall–Kier alpha value is -3.13. The van der Waals surface area contributed by atoms with Crippen molar-refractivity contribution in [3.8, 4) is 5.69 Å². The monoisotopic (exact) mass is 411 g/mol. The smallest absolute Gasteiger partial charge is 0.234 e. The molecule has 156 valence electrons. The number of benzene rings is 1. The molecule has 30 heavy (non-hydrogen) atoms. The summed E-state index contributed by atoms with van der Waals surface area (Å²) in [4.78, 5) is 18.5. The van der Waals surface area contributed by atoms with Gasteiger partial charge in [0, 0.05) is 36.3 Å². The molecule has 1 aromatic carbocycles. The molecule has 1 unspecified atom stereocenters. The molecule has 2 aromatic heterocycles. The quantitative estimate of drug-likeness (QED) is 0.677. The highest BCUT2D eigenvalue weighted by atomic mass is 19.1. The van der Waals surface area contributed by atoms with E-state index in [9.17, 15) is 13.6 Å². The molecule has 1 aliphatic rings. The first-order valence-electron chi connectivity index (χ1n) is 9.90. The molecular weight excluding hydrogens is 388 g/mol. The summed E-state index contributed by atoms with van der Waals surface area (Å²) in [5, 5.41) is 7.40. The van der Waals surface area contributed by atoms with Crippen LogP contribution in [0.25, 0.3) is 5.69 Å². The van der Waals surface area contributed by atoms with Gasteiger partial charge in [0.2, 0.25) is 5.91 Å². The number of carbonyl (C=O) groups is 1. The van der Waals surface area contributed by atoms with Crippen LogP contribution in [0.15, 0.2) is 48.9 Å². The number of likely N-dealkylation sites (N-methyl/N-ethyl adjacent to an activating group) is 1. The first-order chi connectivity index (χ1) is 14.5. The van der Waals surface area contributed by atoms with Gasteiger partial charge in [0.05, 0.1) is 18.8 Å². The third kappa shape index (κ3) is 4.38. The van der Waals surface area contributed by atoms with Crippen LogP contribution in [0.3, 0.4) is 0 Å². The van der Waals surface area contributed by atoms with Crippen LogP contribution in [-0.2, 0) is 17.8 Å². The summed E-state index contributed by atoms with van der Waals surface area (Å²) < 4.78 is 29.0. The summed E-state index contributed by atoms with van der Waals surface area (Å²) in [6, 6.07) is 7.12. The number of hydrogen-bond acceptors (Lipinski definition) is 4. The van der Waals surface area contributed by atoms with Crippen LogP contribution in [0.5, 0.6) is 0 Å². The van der Waals surface area contributed by atoms with E-state index in [4.69, 9.17) is 0 Å². The topological polar surface area (TPSA) is 63.1 Å². The number of halogens is 2. The van der Waals surface area contributed by atoms with E-state index in [1.165, 1.54) is 16.8 Å². The number of nitrogens with one attached hydrogen (secondary N) is 1. The summed E-state index contributed by atoms with van der Waals surface area (Å²) in [6.45, 7) is 0.905. The van der Waals surface area contributed by atoms with Crippen LogP contribution in [0.1, 0.15) is 35.7 Å². The van der Waals surface area contributed by atoms with Crippen LogP contribution >= 0.6 is 0 Å². The van der Waals surface area contributed by atoms with Crippen molar-refractivity contribution in [2.24, 2.45) is 0 Å². The van der Waals surface area contributed by atoms with E-state index in [0.717, 1.165) is 42.1 Å². The summed E-state index contributed by atoms with van der Waals surface area (Å²) in [5.41, 5.74) is 3.03. The molecule has 3 aromatic rings. The number of rotatable bonds is 6. The summed E-state index contributed by atoms with van der Waals surface area (Å²) >= 11 is 0. The molecule has 1 N–H and O–H groups in total. The highest BCUT2D eigenvalue weighted by molar-refractivity contribution is 5.78. The molecule has 0 spiro atoms. The molecule has 1 aliphatic carbocycles. The van der Waals surface area contributed by atoms with E-state index in [-0.39, 0.29) is 24.2 Å². The molecule has 1 amide bonds. The Balaban J connectivity index is 1.45. The number of carbonyl (C=O) groups excluding carboxylic acids is 1. The van der Waals surface area contributed by atoms with Gasteiger partial charge in [0.1, 0.15) is 11.5 Å². The SMILES string of the molecule is CN(CC(=O)NC1CCCc2c1cnn2-c1ccc(F)cc1F)Cc1ccncc1. The van der Waals surface area contributed by atoms with E-state index in [1.807, 2.05) is 24.1 Å². The number of fused-ring (bicyclic) bond motifs is 1. The van der Waals surface area contributed by atoms with E-state index in [2.05, 4.69) is 15.4 Å². The van der Waals surface area contributed by atoms with Gasteiger partial charge in [0.25, 0.3) is 0 Å². The minimum Gasteiger partial charge on any atom is -0.348 e. The van der Waals surface area contributed by atoms with Crippen LogP contribution in [0.2, 0.25) is 0 Å². The van der Waals surface area contributed by atoms with Crippen molar-refractivity contribution in [2.75, 3.05) is 13.6 Å². The van der Waals surface area contributed by atoms with E-state index in [0.29, 0.717) is 6.54 Å². The summed E-state index contributed by atoms with van der Waals surface area (Å²) in [5.74, 6) is -1.37. The van der Waals surface area contributed by atoms with E-state index >= 15 is 0 Å². The van der Waals surface area contributed by atoms with E-state index in [1.54, 1.807) is 18.6 Å². The predicted octanol–water partition coefficient (Wildman–Crippen LogP) is 3.17. The zero-order valence-corrected chi connectivity index (χ0v) is 16.7. The minimum atomic E-state index is -0.662. The second-order valence-electron chi connectivity index (χ2n) is 7.59. The van der Waals surface area contributed by atoms with Gasteiger partial charge in [0.15, 0.2) is 5.82 Å². The van der Waals surface area contributed by atoms with Crippen molar-refractivity contribution in [3.05, 3.63) is 77.4 Å². The van der Waals surface area contributed by atoms with Crippen LogP contribution in [0.4, 0.5) is 8.78 Å². The Morgan fingerprint density at radius 2 is 2.07 bits per heavy atom. The highest BCUT2D eigenvalue weighted by Gasteiger charge is 2.27. The molecule has 0 radical (unpaired) electrons. The zero-order chi connectivity index (χ0) is 21.1. The highest BCUT2D eigenvalue weighted by Crippen LogP contribution is 2.31. The van der Waals surface area contributed by atoms with Gasteiger partial charge in [-0.2, -0.15) is 5.10 Å². The van der Waals surface area contributed by atoms with Gasteiger partial charge in [-0.25, -0.2) is 13.5 Å². The largest absolute Gasteiger partial charge is 0.348 e. The standard InChI is InChI=1S/C22H23F2N5O/c1-28(13-15-7-9-25-10-8-15)14-22(30)27-19-3-2-4-20-17(19)12-26-29(20)21-6-5-16(23)11-18(21)24/h5-12,19H,2-4,13-14H2,1H3,(H,27,30). The number of pyridine rings is 1. The average molecular weight is 411 g/mol. The lowest BCUT2D eigenvalue weighted by atomic mass is 9.93. The molecule has 0 saturated heterocycles. The van der Waals surface area contributed by atoms with Crippen molar-refractivity contribution in [1.29, 1.82) is 0 Å². The van der Waals surface area contributed by atoms with Crippen molar-refractivity contribution in [1.82, 2.24) is 25.0 Å². The number of aromatic nitrogens is 3. The number of nitrogens with zero attached hydrogens (tertiary/aromatic N) is 4. The lowest BCUT2D eigenvalue weighted by Gasteiger charge is -2.25. The Morgan fingerprint density at radius 3 is 2.83 bits per heavy atom. The summed E-state index contributed by atoms with van der Waals surface area (Å²) in [6.07, 6.45) is 7.50. The fourth-order valence-corrected chi connectivity index (χ4v) is 3.91. The molecule has 0 aliphatic heterocycles. The van der Waals surface area contributed by atoms with Crippen LogP contribution < -0.4 is 5.32 Å². The molecule has 0 bridgehead atoms. The maximum absolute atomic E-state index is 14.2. The lowest BCUT2D eigenvalue weighted by molar-refractivity contribution is -0.122. The van der Waals surface area contributed by atoms with Gasteiger partial charge in [-0.3, -0.25) is 14.7 Å². The normalized spacial score (nSPS) is 15.8. The van der Waals surface area contributed by atoms with Crippen molar-refractivity contribution < 1.29 is 13.6 Å². The van der Waals surface area contributed by atoms with Gasteiger partial charge in [-0.1, -0.05) is 0 Å². The molecule has 0 saturated carbocycles. The van der Waals surface area contributed by atoms with Gasteiger partial charge in [-0.15, -0.1) is 0 Å². The van der Waals surface area contributed by atoms with Crippen molar-refractivity contribution >= 4 is 5.91 Å². The first kappa shape index (κ1) is 20.2. The Bertz CT molecular complexity index is 1040. The lowest BCUT2D eigenvalue weighted by Crippen LogP contribution is -2.38. The molecule has 1 atom stereocenters. The minimum absolute atomic E-state index is 0.0786. The molecule has 6 nitrogen and oxygen atoms in total. The Labute approximate surface area is 173 Å². The van der Waals surface area contributed by atoms with Gasteiger partial charge >= 0.3 is 0 Å². The fraction of sp³-hybridized carbons (Fsp3) is 0.318. The zero-order valence-electron chi connectivity index (χ0n) is 16.7. The van der Waals surface area contributed by atoms with Gasteiger partial charge in [-0.05, 0) is 56.1 Å². The Morgan fingerprint density at radius 1 is 1.27 bits per heavy atom. The van der Waals surface area contributed by atoms with Crippen LogP contribution in [0, 0.1) is 11.6 Å². The third-order valence-corrected chi connectivity index (χ3v) is 5.27. The fourth-order valence-electron chi connectivity index (χ4n) is 3.91. The molecule has 2 heterocycles. The third-order valence-electron chi connectivity index (χ3n) is 5.27. The molecule has 8 heteroatoms. The van der Waals surface area contributed by atoms with Gasteiger partial charge < -0.3 is 5.32 Å². The second-order valence-corrected chi connectivity index (χ2v) is 7.59. The number of amides is 1. The molecule has 4 rings (SSSR count). The second kappa shape index (κ2) is 8.71. The maximum Gasteiger partial charge on any atom is 0.234 e. The first-order valence-corrected chi connectivity index (χ1v) is 9.90. The van der Waals surface area contributed by atoms with Crippen molar-refractivity contribution in [3.63, 3.8) is 0 Å². The Kier molecular flexibility index (Phi) is 5.85. The van der Waals surface area contributed by atoms with E-state index < -0.39 is 11.6 Å². The maximum atomic E-state index is 14.2. The van der Waals surface area contributed by atoms with Crippen LogP contribution in [-0.4, -0.2) is 39.2 Å². The molecule has 0 fully saturated rings.